The summed E-state index contributed by atoms with van der Waals surface area (Å²) < 4.78 is 0. The van der Waals surface area contributed by atoms with Crippen molar-refractivity contribution in [2.45, 2.75) is 12.8 Å². The van der Waals surface area contributed by atoms with E-state index < -0.39 is 0 Å². The van der Waals surface area contributed by atoms with Crippen LogP contribution < -0.4 is 0 Å². The molecule has 2 aromatic carbocycles. The first kappa shape index (κ1) is 11.4. The second kappa shape index (κ2) is 5.30. The summed E-state index contributed by atoms with van der Waals surface area (Å²) in [4.78, 5) is 11.9. The van der Waals surface area contributed by atoms with E-state index in [1.165, 1.54) is 6.07 Å². The molecule has 0 unspecified atom stereocenters. The molecule has 0 aliphatic heterocycles. The summed E-state index contributed by atoms with van der Waals surface area (Å²) >= 11 is 0. The monoisotopic (exact) mass is 226 g/mol. The molecule has 0 aliphatic rings. The third-order valence-corrected chi connectivity index (χ3v) is 2.65. The highest BCUT2D eigenvalue weighted by atomic mass is 16.3. The van der Waals surface area contributed by atoms with Crippen LogP contribution >= 0.6 is 0 Å². The van der Waals surface area contributed by atoms with Crippen LogP contribution in [0.5, 0.6) is 5.75 Å². The Bertz CT molecular complexity index is 503. The summed E-state index contributed by atoms with van der Waals surface area (Å²) in [6.07, 6.45) is 1.20. The predicted octanol–water partition coefficient (Wildman–Crippen LogP) is 3.21. The molecule has 0 bridgehead atoms. The summed E-state index contributed by atoms with van der Waals surface area (Å²) in [5.74, 6) is 0.195. The molecule has 86 valence electrons. The minimum atomic E-state index is 0.0600. The minimum absolute atomic E-state index is 0.0600. The van der Waals surface area contributed by atoms with Crippen LogP contribution in [0.3, 0.4) is 0 Å². The zero-order valence-corrected chi connectivity index (χ0v) is 9.47. The molecule has 0 atom stereocenters. The summed E-state index contributed by atoms with van der Waals surface area (Å²) in [5.41, 5.74) is 1.72. The Morgan fingerprint density at radius 1 is 1.00 bits per heavy atom. The van der Waals surface area contributed by atoms with Crippen LogP contribution in [0, 0.1) is 0 Å². The van der Waals surface area contributed by atoms with E-state index in [1.54, 1.807) is 18.2 Å². The van der Waals surface area contributed by atoms with Gasteiger partial charge in [0.15, 0.2) is 5.78 Å². The largest absolute Gasteiger partial charge is 0.508 e. The first-order valence-electron chi connectivity index (χ1n) is 5.62. The summed E-state index contributed by atoms with van der Waals surface area (Å²) in [7, 11) is 0. The number of carbonyl (C=O) groups excluding carboxylic acids is 1. The van der Waals surface area contributed by atoms with E-state index in [2.05, 4.69) is 0 Å². The van der Waals surface area contributed by atoms with Crippen molar-refractivity contribution in [3.63, 3.8) is 0 Å². The molecule has 1 N–H and O–H groups in total. The smallest absolute Gasteiger partial charge is 0.163 e. The number of phenolic OH excluding ortho intramolecular Hbond substituents is 1. The molecule has 0 fully saturated rings. The lowest BCUT2D eigenvalue weighted by Crippen LogP contribution is -2.00. The second-order valence-electron chi connectivity index (χ2n) is 3.96. The Kier molecular flexibility index (Phi) is 3.55. The van der Waals surface area contributed by atoms with Gasteiger partial charge in [-0.3, -0.25) is 4.79 Å². The van der Waals surface area contributed by atoms with Gasteiger partial charge in [0.05, 0.1) is 0 Å². The molecule has 0 amide bonds. The summed E-state index contributed by atoms with van der Waals surface area (Å²) in [6.45, 7) is 0. The molecule has 17 heavy (non-hydrogen) atoms. The van der Waals surface area contributed by atoms with Crippen molar-refractivity contribution in [2.24, 2.45) is 0 Å². The number of ketones is 1. The van der Waals surface area contributed by atoms with Gasteiger partial charge < -0.3 is 5.11 Å². The SMILES string of the molecule is O=C(CCc1ccccc1)c1cccc(O)c1. The Balaban J connectivity index is 1.98. The number of Topliss-reactive ketones (excluding diaryl/α,β-unsaturated/α-hetero) is 1. The van der Waals surface area contributed by atoms with Crippen LogP contribution in [0.1, 0.15) is 22.3 Å². The Labute approximate surface area is 101 Å². The van der Waals surface area contributed by atoms with Crippen LogP contribution in [0.2, 0.25) is 0 Å². The molecule has 2 aromatic rings. The summed E-state index contributed by atoms with van der Waals surface area (Å²) in [6, 6.07) is 16.4. The number of phenols is 1. The standard InChI is InChI=1S/C15H14O2/c16-14-8-4-7-13(11-14)15(17)10-9-12-5-2-1-3-6-12/h1-8,11,16H,9-10H2. The number of aromatic hydroxyl groups is 1. The lowest BCUT2D eigenvalue weighted by molar-refractivity contribution is 0.0982. The van der Waals surface area contributed by atoms with Crippen molar-refractivity contribution in [3.05, 3.63) is 65.7 Å². The average molecular weight is 226 g/mol. The fourth-order valence-electron chi connectivity index (χ4n) is 1.73. The fraction of sp³-hybridized carbons (Fsp3) is 0.133. The Morgan fingerprint density at radius 3 is 2.47 bits per heavy atom. The Morgan fingerprint density at radius 2 is 1.76 bits per heavy atom. The Hall–Kier alpha value is -2.09. The number of aryl methyl sites for hydroxylation is 1. The van der Waals surface area contributed by atoms with Gasteiger partial charge in [0.25, 0.3) is 0 Å². The maximum Gasteiger partial charge on any atom is 0.163 e. The zero-order chi connectivity index (χ0) is 12.1. The lowest BCUT2D eigenvalue weighted by Gasteiger charge is -2.02. The molecule has 2 heteroatoms. The van der Waals surface area contributed by atoms with E-state index in [9.17, 15) is 9.90 Å². The number of benzene rings is 2. The van der Waals surface area contributed by atoms with E-state index in [-0.39, 0.29) is 11.5 Å². The molecule has 2 nitrogen and oxygen atoms in total. The minimum Gasteiger partial charge on any atom is -0.508 e. The van der Waals surface area contributed by atoms with Gasteiger partial charge in [-0.15, -0.1) is 0 Å². The molecule has 0 aromatic heterocycles. The number of hydrogen-bond donors (Lipinski definition) is 1. The van der Waals surface area contributed by atoms with Crippen molar-refractivity contribution in [2.75, 3.05) is 0 Å². The van der Waals surface area contributed by atoms with Gasteiger partial charge in [-0.25, -0.2) is 0 Å². The third-order valence-electron chi connectivity index (χ3n) is 2.65. The summed E-state index contributed by atoms with van der Waals surface area (Å²) in [5, 5.41) is 9.29. The van der Waals surface area contributed by atoms with Gasteiger partial charge in [-0.05, 0) is 24.1 Å². The lowest BCUT2D eigenvalue weighted by atomic mass is 10.0. The van der Waals surface area contributed by atoms with Crippen molar-refractivity contribution in [1.82, 2.24) is 0 Å². The van der Waals surface area contributed by atoms with Crippen molar-refractivity contribution < 1.29 is 9.90 Å². The fourth-order valence-corrected chi connectivity index (χ4v) is 1.73. The first-order valence-corrected chi connectivity index (χ1v) is 5.62. The number of carbonyl (C=O) groups is 1. The zero-order valence-electron chi connectivity index (χ0n) is 9.47. The normalized spacial score (nSPS) is 10.1. The van der Waals surface area contributed by atoms with Crippen molar-refractivity contribution in [1.29, 1.82) is 0 Å². The van der Waals surface area contributed by atoms with Gasteiger partial charge in [0, 0.05) is 12.0 Å². The second-order valence-corrected chi connectivity index (χ2v) is 3.96. The highest BCUT2D eigenvalue weighted by molar-refractivity contribution is 5.96. The highest BCUT2D eigenvalue weighted by Gasteiger charge is 2.06. The molecular weight excluding hydrogens is 212 g/mol. The maximum absolute atomic E-state index is 11.9. The van der Waals surface area contributed by atoms with Crippen molar-refractivity contribution >= 4 is 5.78 Å². The van der Waals surface area contributed by atoms with Gasteiger partial charge in [-0.1, -0.05) is 42.5 Å². The maximum atomic E-state index is 11.9. The topological polar surface area (TPSA) is 37.3 Å². The van der Waals surface area contributed by atoms with E-state index in [0.717, 1.165) is 12.0 Å². The van der Waals surface area contributed by atoms with E-state index in [0.29, 0.717) is 12.0 Å². The molecule has 2 rings (SSSR count). The first-order chi connectivity index (χ1) is 8.25. The van der Waals surface area contributed by atoms with Crippen molar-refractivity contribution in [3.8, 4) is 5.75 Å². The molecule has 0 radical (unpaired) electrons. The number of hydrogen-bond acceptors (Lipinski definition) is 2. The van der Waals surface area contributed by atoms with Gasteiger partial charge in [0.2, 0.25) is 0 Å². The predicted molar refractivity (Wildman–Crippen MR) is 67.2 cm³/mol. The van der Waals surface area contributed by atoms with Crippen LogP contribution in [0.15, 0.2) is 54.6 Å². The molecule has 0 saturated carbocycles. The van der Waals surface area contributed by atoms with Gasteiger partial charge >= 0.3 is 0 Å². The van der Waals surface area contributed by atoms with Gasteiger partial charge in [-0.2, -0.15) is 0 Å². The number of rotatable bonds is 4. The van der Waals surface area contributed by atoms with E-state index in [1.807, 2.05) is 30.3 Å². The molecular formula is C15H14O2. The van der Waals surface area contributed by atoms with Crippen LogP contribution in [0.25, 0.3) is 0 Å². The van der Waals surface area contributed by atoms with Crippen LogP contribution in [-0.4, -0.2) is 10.9 Å². The van der Waals surface area contributed by atoms with E-state index in [4.69, 9.17) is 0 Å². The van der Waals surface area contributed by atoms with Crippen LogP contribution in [0.4, 0.5) is 0 Å². The molecule has 0 spiro atoms. The van der Waals surface area contributed by atoms with Gasteiger partial charge in [0.1, 0.15) is 5.75 Å². The molecule has 0 saturated heterocycles. The quantitative estimate of drug-likeness (QED) is 0.813. The van der Waals surface area contributed by atoms with E-state index >= 15 is 0 Å². The third kappa shape index (κ3) is 3.18. The highest BCUT2D eigenvalue weighted by Crippen LogP contribution is 2.14. The molecule has 0 heterocycles. The van der Waals surface area contributed by atoms with Crippen LogP contribution in [-0.2, 0) is 6.42 Å². The average Bonchev–Trinajstić information content (AvgIpc) is 2.37. The molecule has 0 aliphatic carbocycles.